The van der Waals surface area contributed by atoms with Crippen LogP contribution in [-0.2, 0) is 11.2 Å². The van der Waals surface area contributed by atoms with Gasteiger partial charge in [0.1, 0.15) is 0 Å². The van der Waals surface area contributed by atoms with Crippen LogP contribution in [0.4, 0.5) is 0 Å². The molecule has 2 rings (SSSR count). The molecule has 0 unspecified atom stereocenters. The number of alkyl halides is 1. The fourth-order valence-corrected chi connectivity index (χ4v) is 3.78. The number of benzene rings is 1. The van der Waals surface area contributed by atoms with Crippen molar-refractivity contribution in [3.05, 3.63) is 34.4 Å². The molecule has 0 radical (unpaired) electrons. The summed E-state index contributed by atoms with van der Waals surface area (Å²) in [5.74, 6) is 0. The third kappa shape index (κ3) is 2.97. The van der Waals surface area contributed by atoms with Crippen LogP contribution in [0.3, 0.4) is 0 Å². The summed E-state index contributed by atoms with van der Waals surface area (Å²) in [4.78, 5) is 0. The Morgan fingerprint density at radius 1 is 1.11 bits per heavy atom. The Morgan fingerprint density at radius 3 is 2.17 bits per heavy atom. The Balaban J connectivity index is 2.27. The quantitative estimate of drug-likeness (QED) is 0.754. The van der Waals surface area contributed by atoms with Gasteiger partial charge in [-0.05, 0) is 62.1 Å². The largest absolute Gasteiger partial charge is 0.381 e. The number of ether oxygens (including phenoxy) is 1. The normalized spacial score (nSPS) is 18.9. The number of hydrogen-bond acceptors (Lipinski definition) is 1. The summed E-state index contributed by atoms with van der Waals surface area (Å²) in [5.41, 5.74) is 6.19. The highest BCUT2D eigenvalue weighted by atomic mass is 79.9. The Kier molecular flexibility index (Phi) is 4.50. The first kappa shape index (κ1) is 14.1. The molecule has 1 aromatic carbocycles. The maximum Gasteiger partial charge on any atom is 0.0471 e. The number of aryl methyl sites for hydroxylation is 3. The maximum absolute atomic E-state index is 5.52. The minimum atomic E-state index is 0.392. The van der Waals surface area contributed by atoms with Crippen molar-refractivity contribution in [2.75, 3.05) is 18.5 Å². The predicted molar refractivity (Wildman–Crippen MR) is 80.6 cm³/mol. The van der Waals surface area contributed by atoms with Gasteiger partial charge in [-0.1, -0.05) is 33.6 Å². The number of halogens is 1. The zero-order valence-electron chi connectivity index (χ0n) is 11.7. The monoisotopic (exact) mass is 310 g/mol. The fourth-order valence-electron chi connectivity index (χ4n) is 3.03. The van der Waals surface area contributed by atoms with Gasteiger partial charge in [0.2, 0.25) is 0 Å². The molecule has 2 heteroatoms. The zero-order chi connectivity index (χ0) is 13.2. The van der Waals surface area contributed by atoms with E-state index in [2.05, 4.69) is 48.8 Å². The molecular weight excluding hydrogens is 288 g/mol. The van der Waals surface area contributed by atoms with Crippen molar-refractivity contribution >= 4 is 15.9 Å². The fraction of sp³-hybridized carbons (Fsp3) is 0.625. The van der Waals surface area contributed by atoms with E-state index in [-0.39, 0.29) is 0 Å². The molecule has 0 atom stereocenters. The van der Waals surface area contributed by atoms with E-state index in [9.17, 15) is 0 Å². The maximum atomic E-state index is 5.52. The smallest absolute Gasteiger partial charge is 0.0471 e. The Hall–Kier alpha value is -0.340. The van der Waals surface area contributed by atoms with Crippen molar-refractivity contribution in [1.29, 1.82) is 0 Å². The summed E-state index contributed by atoms with van der Waals surface area (Å²) in [6.45, 7) is 8.50. The van der Waals surface area contributed by atoms with E-state index in [1.165, 1.54) is 36.0 Å². The average Bonchev–Trinajstić information content (AvgIpc) is 2.35. The van der Waals surface area contributed by atoms with Gasteiger partial charge in [0, 0.05) is 18.5 Å². The van der Waals surface area contributed by atoms with Gasteiger partial charge in [-0.25, -0.2) is 0 Å². The molecule has 0 aliphatic carbocycles. The number of hydrogen-bond donors (Lipinski definition) is 0. The third-order valence-corrected chi connectivity index (χ3v) is 5.42. The average molecular weight is 311 g/mol. The summed E-state index contributed by atoms with van der Waals surface area (Å²) >= 11 is 3.73. The lowest BCUT2D eigenvalue weighted by Gasteiger charge is -2.36. The van der Waals surface area contributed by atoms with E-state index < -0.39 is 0 Å². The summed E-state index contributed by atoms with van der Waals surface area (Å²) < 4.78 is 5.52. The molecule has 1 aliphatic heterocycles. The highest BCUT2D eigenvalue weighted by Crippen LogP contribution is 2.37. The second-order valence-electron chi connectivity index (χ2n) is 5.80. The van der Waals surface area contributed by atoms with Crippen LogP contribution in [0.2, 0.25) is 0 Å². The van der Waals surface area contributed by atoms with Crippen molar-refractivity contribution in [2.45, 2.75) is 40.0 Å². The third-order valence-electron chi connectivity index (χ3n) is 4.23. The SMILES string of the molecule is Cc1cc(C)c(CC2(CBr)CCOCC2)c(C)c1. The van der Waals surface area contributed by atoms with Crippen molar-refractivity contribution in [3.8, 4) is 0 Å². The van der Waals surface area contributed by atoms with Gasteiger partial charge in [0.15, 0.2) is 0 Å². The zero-order valence-corrected chi connectivity index (χ0v) is 13.3. The van der Waals surface area contributed by atoms with Crippen LogP contribution in [0.5, 0.6) is 0 Å². The van der Waals surface area contributed by atoms with Crippen molar-refractivity contribution < 1.29 is 4.74 Å². The van der Waals surface area contributed by atoms with Crippen molar-refractivity contribution in [3.63, 3.8) is 0 Å². The lowest BCUT2D eigenvalue weighted by atomic mass is 9.75. The van der Waals surface area contributed by atoms with E-state index >= 15 is 0 Å². The molecule has 100 valence electrons. The Bertz CT molecular complexity index is 396. The molecule has 1 fully saturated rings. The minimum absolute atomic E-state index is 0.392. The molecule has 0 saturated carbocycles. The summed E-state index contributed by atoms with van der Waals surface area (Å²) in [6, 6.07) is 4.62. The van der Waals surface area contributed by atoms with Gasteiger partial charge in [-0.3, -0.25) is 0 Å². The van der Waals surface area contributed by atoms with Gasteiger partial charge in [0.25, 0.3) is 0 Å². The topological polar surface area (TPSA) is 9.23 Å². The van der Waals surface area contributed by atoms with Gasteiger partial charge in [-0.2, -0.15) is 0 Å². The van der Waals surface area contributed by atoms with Crippen LogP contribution in [0.1, 0.15) is 35.1 Å². The molecule has 1 nitrogen and oxygen atoms in total. The highest BCUT2D eigenvalue weighted by Gasteiger charge is 2.32. The lowest BCUT2D eigenvalue weighted by molar-refractivity contribution is 0.0268. The molecule has 0 amide bonds. The first-order valence-corrected chi connectivity index (χ1v) is 7.89. The van der Waals surface area contributed by atoms with Crippen molar-refractivity contribution in [2.24, 2.45) is 5.41 Å². The lowest BCUT2D eigenvalue weighted by Crippen LogP contribution is -2.33. The standard InChI is InChI=1S/C16H23BrO/c1-12-8-13(2)15(14(3)9-12)10-16(11-17)4-6-18-7-5-16/h8-9H,4-7,10-11H2,1-3H3. The molecule has 1 heterocycles. The van der Waals surface area contributed by atoms with E-state index in [0.29, 0.717) is 5.41 Å². The highest BCUT2D eigenvalue weighted by molar-refractivity contribution is 9.09. The minimum Gasteiger partial charge on any atom is -0.381 e. The summed E-state index contributed by atoms with van der Waals surface area (Å²) in [7, 11) is 0. The summed E-state index contributed by atoms with van der Waals surface area (Å²) in [5, 5.41) is 1.08. The van der Waals surface area contributed by atoms with E-state index in [4.69, 9.17) is 4.74 Å². The molecule has 1 saturated heterocycles. The van der Waals surface area contributed by atoms with E-state index in [0.717, 1.165) is 18.5 Å². The first-order valence-electron chi connectivity index (χ1n) is 6.77. The second-order valence-corrected chi connectivity index (χ2v) is 6.36. The predicted octanol–water partition coefficient (Wildman–Crippen LogP) is 4.35. The second kappa shape index (κ2) is 5.75. The van der Waals surface area contributed by atoms with Crippen LogP contribution < -0.4 is 0 Å². The molecule has 0 aromatic heterocycles. The molecular formula is C16H23BrO. The van der Waals surface area contributed by atoms with Crippen LogP contribution >= 0.6 is 15.9 Å². The van der Waals surface area contributed by atoms with Gasteiger partial charge in [0.05, 0.1) is 0 Å². The van der Waals surface area contributed by atoms with Crippen LogP contribution in [0.15, 0.2) is 12.1 Å². The van der Waals surface area contributed by atoms with Crippen LogP contribution in [0.25, 0.3) is 0 Å². The first-order chi connectivity index (χ1) is 8.56. The van der Waals surface area contributed by atoms with Gasteiger partial charge in [-0.15, -0.1) is 0 Å². The van der Waals surface area contributed by atoms with Crippen LogP contribution in [-0.4, -0.2) is 18.5 Å². The van der Waals surface area contributed by atoms with Gasteiger partial charge >= 0.3 is 0 Å². The number of rotatable bonds is 3. The van der Waals surface area contributed by atoms with E-state index in [1.807, 2.05) is 0 Å². The molecule has 1 aliphatic rings. The Morgan fingerprint density at radius 2 is 1.67 bits per heavy atom. The van der Waals surface area contributed by atoms with E-state index in [1.54, 1.807) is 5.56 Å². The summed E-state index contributed by atoms with van der Waals surface area (Å²) in [6.07, 6.45) is 3.52. The van der Waals surface area contributed by atoms with Crippen molar-refractivity contribution in [1.82, 2.24) is 0 Å². The molecule has 0 spiro atoms. The molecule has 1 aromatic rings. The van der Waals surface area contributed by atoms with Gasteiger partial charge < -0.3 is 4.74 Å². The van der Waals surface area contributed by atoms with Crippen LogP contribution in [0, 0.1) is 26.2 Å². The molecule has 0 bridgehead atoms. The Labute approximate surface area is 119 Å². The molecule has 18 heavy (non-hydrogen) atoms. The molecule has 0 N–H and O–H groups in total.